The van der Waals surface area contributed by atoms with E-state index in [1.165, 1.54) is 11.1 Å². The molecule has 5 nitrogen and oxygen atoms in total. The number of para-hydroxylation sites is 1. The molecule has 0 spiro atoms. The van der Waals surface area contributed by atoms with E-state index >= 15 is 0 Å². The van der Waals surface area contributed by atoms with E-state index in [0.717, 1.165) is 31.8 Å². The first-order valence-electron chi connectivity index (χ1n) is 9.67. The van der Waals surface area contributed by atoms with E-state index in [2.05, 4.69) is 28.4 Å². The molecule has 1 N–H and O–H groups in total. The van der Waals surface area contributed by atoms with Crippen LogP contribution < -0.4 is 10.1 Å². The van der Waals surface area contributed by atoms with Crippen LogP contribution in [0, 0.1) is 5.92 Å². The maximum Gasteiger partial charge on any atom is 0.225 e. The van der Waals surface area contributed by atoms with E-state index < -0.39 is 0 Å². The highest BCUT2D eigenvalue weighted by Gasteiger charge is 2.25. The summed E-state index contributed by atoms with van der Waals surface area (Å²) in [5.41, 5.74) is 2.36. The second-order valence-corrected chi connectivity index (χ2v) is 7.21. The van der Waals surface area contributed by atoms with Crippen LogP contribution in [-0.2, 0) is 16.1 Å². The van der Waals surface area contributed by atoms with E-state index in [-0.39, 0.29) is 17.9 Å². The summed E-state index contributed by atoms with van der Waals surface area (Å²) in [7, 11) is 0. The van der Waals surface area contributed by atoms with Crippen molar-refractivity contribution in [3.63, 3.8) is 0 Å². The number of nitrogens with one attached hydrogen (secondary N) is 1. The van der Waals surface area contributed by atoms with Gasteiger partial charge in [0.2, 0.25) is 5.91 Å². The maximum absolute atomic E-state index is 12.2. The van der Waals surface area contributed by atoms with Crippen molar-refractivity contribution < 1.29 is 14.3 Å². The molecule has 1 saturated heterocycles. The molecular formula is C22H26N2O3. The average Bonchev–Trinajstić information content (AvgIpc) is 3.17. The van der Waals surface area contributed by atoms with Crippen molar-refractivity contribution in [2.75, 3.05) is 32.8 Å². The monoisotopic (exact) mass is 366 g/mol. The number of hydrogen-bond donors (Lipinski definition) is 1. The topological polar surface area (TPSA) is 50.8 Å². The first-order chi connectivity index (χ1) is 13.3. The number of carbonyl (C=O) groups is 1. The number of carbonyl (C=O) groups excluding carboxylic acids is 1. The number of fused-ring (bicyclic) bond motifs is 1. The van der Waals surface area contributed by atoms with Crippen LogP contribution in [0.25, 0.3) is 0 Å². The molecule has 0 saturated carbocycles. The fourth-order valence-electron chi connectivity index (χ4n) is 3.71. The van der Waals surface area contributed by atoms with Crippen molar-refractivity contribution in [1.82, 2.24) is 10.2 Å². The van der Waals surface area contributed by atoms with Gasteiger partial charge in [0.25, 0.3) is 0 Å². The fourth-order valence-corrected chi connectivity index (χ4v) is 3.71. The van der Waals surface area contributed by atoms with Crippen molar-refractivity contribution in [2.24, 2.45) is 5.92 Å². The van der Waals surface area contributed by atoms with Crippen LogP contribution in [0.2, 0.25) is 0 Å². The summed E-state index contributed by atoms with van der Waals surface area (Å²) in [6, 6.07) is 18.5. The Morgan fingerprint density at radius 3 is 2.74 bits per heavy atom. The van der Waals surface area contributed by atoms with Gasteiger partial charge in [-0.25, -0.2) is 0 Å². The van der Waals surface area contributed by atoms with E-state index in [9.17, 15) is 4.79 Å². The molecule has 2 aromatic carbocycles. The zero-order chi connectivity index (χ0) is 18.5. The van der Waals surface area contributed by atoms with Gasteiger partial charge in [0.05, 0.1) is 12.5 Å². The zero-order valence-electron chi connectivity index (χ0n) is 15.5. The molecule has 0 aliphatic carbocycles. The Morgan fingerprint density at radius 1 is 1.11 bits per heavy atom. The minimum atomic E-state index is -0.0196. The lowest BCUT2D eigenvalue weighted by Gasteiger charge is -2.24. The van der Waals surface area contributed by atoms with Gasteiger partial charge in [0.15, 0.2) is 0 Å². The summed E-state index contributed by atoms with van der Waals surface area (Å²) in [5, 5.41) is 3.07. The Kier molecular flexibility index (Phi) is 5.70. The van der Waals surface area contributed by atoms with Crippen molar-refractivity contribution >= 4 is 5.91 Å². The third-order valence-corrected chi connectivity index (χ3v) is 5.26. The molecule has 5 heteroatoms. The first-order valence-corrected chi connectivity index (χ1v) is 9.67. The van der Waals surface area contributed by atoms with Crippen LogP contribution in [0.15, 0.2) is 54.6 Å². The predicted octanol–water partition coefficient (Wildman–Crippen LogP) is 2.78. The number of benzene rings is 2. The number of ether oxygens (including phenoxy) is 2. The predicted molar refractivity (Wildman–Crippen MR) is 103 cm³/mol. The van der Waals surface area contributed by atoms with Crippen molar-refractivity contribution in [3.05, 3.63) is 65.7 Å². The van der Waals surface area contributed by atoms with Crippen molar-refractivity contribution in [1.29, 1.82) is 0 Å². The van der Waals surface area contributed by atoms with Gasteiger partial charge in [-0.3, -0.25) is 9.69 Å². The number of rotatable bonds is 5. The lowest BCUT2D eigenvalue weighted by Crippen LogP contribution is -2.38. The van der Waals surface area contributed by atoms with Crippen LogP contribution in [0.5, 0.6) is 5.75 Å². The van der Waals surface area contributed by atoms with Gasteiger partial charge >= 0.3 is 0 Å². The average molecular weight is 366 g/mol. The van der Waals surface area contributed by atoms with Crippen LogP contribution in [0.4, 0.5) is 0 Å². The number of nitrogens with zero attached hydrogens (tertiary/aromatic N) is 1. The molecule has 1 amide bonds. The minimum Gasteiger partial charge on any atom is -0.484 e. The maximum atomic E-state index is 12.2. The molecule has 0 bridgehead atoms. The summed E-state index contributed by atoms with van der Waals surface area (Å²) in [6.45, 7) is 4.28. The van der Waals surface area contributed by atoms with E-state index in [0.29, 0.717) is 19.8 Å². The molecule has 2 aliphatic rings. The number of amides is 1. The Labute approximate surface area is 160 Å². The largest absolute Gasteiger partial charge is 0.484 e. The normalized spacial score (nSPS) is 22.5. The van der Waals surface area contributed by atoms with Gasteiger partial charge in [-0.15, -0.1) is 0 Å². The highest BCUT2D eigenvalue weighted by Crippen LogP contribution is 2.30. The molecule has 0 radical (unpaired) electrons. The van der Waals surface area contributed by atoms with Gasteiger partial charge in [0.1, 0.15) is 11.9 Å². The summed E-state index contributed by atoms with van der Waals surface area (Å²) >= 11 is 0. The third-order valence-electron chi connectivity index (χ3n) is 5.26. The van der Waals surface area contributed by atoms with Crippen LogP contribution in [-0.4, -0.2) is 43.7 Å². The molecule has 0 aromatic heterocycles. The first kappa shape index (κ1) is 18.0. The summed E-state index contributed by atoms with van der Waals surface area (Å²) < 4.78 is 11.6. The quantitative estimate of drug-likeness (QED) is 0.884. The molecule has 2 heterocycles. The molecule has 2 aromatic rings. The second kappa shape index (κ2) is 8.55. The second-order valence-electron chi connectivity index (χ2n) is 7.21. The van der Waals surface area contributed by atoms with Gasteiger partial charge in [-0.2, -0.15) is 0 Å². The van der Waals surface area contributed by atoms with Gasteiger partial charge in [-0.05, 0) is 18.1 Å². The molecule has 4 rings (SSSR count). The molecule has 2 aliphatic heterocycles. The summed E-state index contributed by atoms with van der Waals surface area (Å²) in [4.78, 5) is 14.6. The summed E-state index contributed by atoms with van der Waals surface area (Å²) in [5.74, 6) is 1.06. The molecule has 2 atom stereocenters. The van der Waals surface area contributed by atoms with Crippen LogP contribution >= 0.6 is 0 Å². The van der Waals surface area contributed by atoms with Crippen LogP contribution in [0.1, 0.15) is 23.7 Å². The Bertz CT molecular complexity index is 759. The van der Waals surface area contributed by atoms with Crippen LogP contribution in [0.3, 0.4) is 0 Å². The number of hydrogen-bond acceptors (Lipinski definition) is 4. The zero-order valence-corrected chi connectivity index (χ0v) is 15.5. The van der Waals surface area contributed by atoms with Crippen molar-refractivity contribution in [2.45, 2.75) is 19.1 Å². The molecule has 1 fully saturated rings. The van der Waals surface area contributed by atoms with E-state index in [1.807, 2.05) is 36.4 Å². The Balaban J connectivity index is 1.42. The lowest BCUT2D eigenvalue weighted by atomic mass is 10.1. The fraction of sp³-hybridized carbons (Fsp3) is 0.409. The molecule has 27 heavy (non-hydrogen) atoms. The molecule has 2 unspecified atom stereocenters. The standard InChI is InChI=1S/C22H26N2O3/c25-22(19-10-13-26-16-19)23-11-12-24-14-18-8-4-5-9-20(18)27-21(15-24)17-6-2-1-3-7-17/h1-9,19,21H,10-16H2,(H,23,25). The smallest absolute Gasteiger partial charge is 0.225 e. The lowest BCUT2D eigenvalue weighted by molar-refractivity contribution is -0.125. The summed E-state index contributed by atoms with van der Waals surface area (Å²) in [6.07, 6.45) is 0.807. The molecular weight excluding hydrogens is 340 g/mol. The van der Waals surface area contributed by atoms with Gasteiger partial charge in [-0.1, -0.05) is 48.5 Å². The Hall–Kier alpha value is -2.37. The van der Waals surface area contributed by atoms with E-state index in [4.69, 9.17) is 9.47 Å². The minimum absolute atomic E-state index is 0.00950. The van der Waals surface area contributed by atoms with E-state index in [1.54, 1.807) is 0 Å². The van der Waals surface area contributed by atoms with Gasteiger partial charge < -0.3 is 14.8 Å². The molecule has 142 valence electrons. The highest BCUT2D eigenvalue weighted by molar-refractivity contribution is 5.78. The van der Waals surface area contributed by atoms with Crippen molar-refractivity contribution in [3.8, 4) is 5.75 Å². The third kappa shape index (κ3) is 4.49. The Morgan fingerprint density at radius 2 is 1.93 bits per heavy atom. The highest BCUT2D eigenvalue weighted by atomic mass is 16.5. The SMILES string of the molecule is O=C(NCCN1Cc2ccccc2OC(c2ccccc2)C1)C1CCOC1. The van der Waals surface area contributed by atoms with Gasteiger partial charge in [0, 0.05) is 38.3 Å².